The number of fused-ring (bicyclic) bond motifs is 5. The van der Waals surface area contributed by atoms with E-state index in [-0.39, 0.29) is 17.6 Å². The molecule has 1 saturated heterocycles. The summed E-state index contributed by atoms with van der Waals surface area (Å²) in [6.07, 6.45) is -0.318. The van der Waals surface area contributed by atoms with Crippen molar-refractivity contribution in [3.05, 3.63) is 64.2 Å². The zero-order chi connectivity index (χ0) is 19.7. The highest BCUT2D eigenvalue weighted by molar-refractivity contribution is 6.10. The zero-order valence-electron chi connectivity index (χ0n) is 15.9. The Balaban J connectivity index is 1.67. The van der Waals surface area contributed by atoms with Gasteiger partial charge in [-0.05, 0) is 23.1 Å². The lowest BCUT2D eigenvalue weighted by atomic mass is 9.86. The van der Waals surface area contributed by atoms with E-state index in [2.05, 4.69) is 5.32 Å². The molecule has 3 atom stereocenters. The van der Waals surface area contributed by atoms with E-state index in [0.717, 1.165) is 12.1 Å². The topological polar surface area (TPSA) is 88.0 Å². The lowest BCUT2D eigenvalue weighted by Gasteiger charge is -2.28. The van der Waals surface area contributed by atoms with Crippen molar-refractivity contribution in [2.75, 3.05) is 19.7 Å². The van der Waals surface area contributed by atoms with Gasteiger partial charge in [-0.1, -0.05) is 44.2 Å². The standard InChI is InChI=1S/C22H23NO5/c1-12(2)13-6-7-15-17(10-13)28-22(26)16-5-3-4-14(18-11-23-8-9-27-18)19(16)20(24)21(15,22)25/h3-7,10,12,18,23,25-26H,8-9,11H2,1-2H3. The molecule has 6 heteroatoms. The molecule has 3 aliphatic rings. The second-order valence-electron chi connectivity index (χ2n) is 8.03. The van der Waals surface area contributed by atoms with Crippen molar-refractivity contribution < 1.29 is 24.5 Å². The summed E-state index contributed by atoms with van der Waals surface area (Å²) in [5.41, 5.74) is 0.380. The highest BCUT2D eigenvalue weighted by Gasteiger charge is 2.71. The van der Waals surface area contributed by atoms with Crippen LogP contribution >= 0.6 is 0 Å². The number of aliphatic hydroxyl groups is 2. The third kappa shape index (κ3) is 2.09. The molecule has 5 rings (SSSR count). The van der Waals surface area contributed by atoms with Crippen LogP contribution in [0.5, 0.6) is 5.75 Å². The number of Topliss-reactive ketones (excluding diaryl/α,β-unsaturated/α-hetero) is 1. The van der Waals surface area contributed by atoms with E-state index >= 15 is 0 Å². The van der Waals surface area contributed by atoms with Crippen LogP contribution < -0.4 is 10.1 Å². The van der Waals surface area contributed by atoms with Crippen LogP contribution in [0.4, 0.5) is 0 Å². The van der Waals surface area contributed by atoms with Crippen molar-refractivity contribution >= 4 is 5.78 Å². The summed E-state index contributed by atoms with van der Waals surface area (Å²) in [5, 5.41) is 26.2. The first-order valence-corrected chi connectivity index (χ1v) is 9.66. The van der Waals surface area contributed by atoms with Gasteiger partial charge in [-0.2, -0.15) is 0 Å². The lowest BCUT2D eigenvalue weighted by Crippen LogP contribution is -2.48. The van der Waals surface area contributed by atoms with Crippen molar-refractivity contribution in [1.82, 2.24) is 5.32 Å². The summed E-state index contributed by atoms with van der Waals surface area (Å²) in [6.45, 7) is 5.95. The predicted molar refractivity (Wildman–Crippen MR) is 101 cm³/mol. The van der Waals surface area contributed by atoms with Crippen molar-refractivity contribution in [1.29, 1.82) is 0 Å². The number of carbonyl (C=O) groups excluding carboxylic acids is 1. The number of benzene rings is 2. The highest BCUT2D eigenvalue weighted by atomic mass is 16.7. The number of morpholine rings is 1. The minimum absolute atomic E-state index is 0.254. The first-order valence-electron chi connectivity index (χ1n) is 9.66. The lowest BCUT2D eigenvalue weighted by molar-refractivity contribution is -0.224. The quantitative estimate of drug-likeness (QED) is 0.738. The third-order valence-electron chi connectivity index (χ3n) is 6.10. The Bertz CT molecular complexity index is 981. The van der Waals surface area contributed by atoms with Gasteiger partial charge in [0.2, 0.25) is 11.4 Å². The highest BCUT2D eigenvalue weighted by Crippen LogP contribution is 2.59. The fourth-order valence-corrected chi connectivity index (χ4v) is 4.54. The second kappa shape index (κ2) is 5.87. The predicted octanol–water partition coefficient (Wildman–Crippen LogP) is 2.09. The smallest absolute Gasteiger partial charge is 0.276 e. The zero-order valence-corrected chi connectivity index (χ0v) is 15.9. The van der Waals surface area contributed by atoms with E-state index < -0.39 is 17.2 Å². The van der Waals surface area contributed by atoms with Gasteiger partial charge in [0.25, 0.3) is 5.79 Å². The molecule has 0 saturated carbocycles. The first kappa shape index (κ1) is 17.8. The van der Waals surface area contributed by atoms with Crippen molar-refractivity contribution in [2.24, 2.45) is 0 Å². The Kier molecular flexibility index (Phi) is 3.74. The summed E-state index contributed by atoms with van der Waals surface area (Å²) < 4.78 is 11.7. The van der Waals surface area contributed by atoms with Gasteiger partial charge in [-0.25, -0.2) is 0 Å². The summed E-state index contributed by atoms with van der Waals surface area (Å²) in [5.74, 6) is -2.10. The molecule has 0 radical (unpaired) electrons. The molecule has 0 aromatic heterocycles. The molecule has 3 unspecified atom stereocenters. The molecular weight excluding hydrogens is 358 g/mol. The molecule has 1 fully saturated rings. The largest absolute Gasteiger partial charge is 0.454 e. The van der Waals surface area contributed by atoms with E-state index in [1.165, 1.54) is 0 Å². The third-order valence-corrected chi connectivity index (χ3v) is 6.10. The van der Waals surface area contributed by atoms with Gasteiger partial charge in [0.1, 0.15) is 5.75 Å². The van der Waals surface area contributed by atoms with Crippen LogP contribution in [0.3, 0.4) is 0 Å². The van der Waals surface area contributed by atoms with Crippen LogP contribution in [-0.2, 0) is 16.1 Å². The summed E-state index contributed by atoms with van der Waals surface area (Å²) in [6, 6.07) is 10.5. The number of hydrogen-bond donors (Lipinski definition) is 3. The van der Waals surface area contributed by atoms with Gasteiger partial charge in [-0.15, -0.1) is 0 Å². The van der Waals surface area contributed by atoms with E-state index in [1.54, 1.807) is 24.3 Å². The van der Waals surface area contributed by atoms with Crippen LogP contribution in [0.15, 0.2) is 36.4 Å². The maximum Gasteiger partial charge on any atom is 0.276 e. The first-order chi connectivity index (χ1) is 13.4. The number of nitrogens with one attached hydrogen (secondary N) is 1. The van der Waals surface area contributed by atoms with E-state index in [0.29, 0.717) is 35.6 Å². The van der Waals surface area contributed by atoms with Crippen molar-refractivity contribution in [3.8, 4) is 5.75 Å². The summed E-state index contributed by atoms with van der Waals surface area (Å²) in [7, 11) is 0. The normalized spacial score (nSPS) is 30.8. The fraction of sp³-hybridized carbons (Fsp3) is 0.409. The van der Waals surface area contributed by atoms with Gasteiger partial charge >= 0.3 is 0 Å². The van der Waals surface area contributed by atoms with Gasteiger partial charge in [0.15, 0.2) is 0 Å². The molecule has 28 heavy (non-hydrogen) atoms. The van der Waals surface area contributed by atoms with Gasteiger partial charge in [0, 0.05) is 29.8 Å². The Morgan fingerprint density at radius 3 is 2.71 bits per heavy atom. The van der Waals surface area contributed by atoms with Crippen LogP contribution in [-0.4, -0.2) is 35.7 Å². The molecule has 2 aromatic carbocycles. The second-order valence-corrected chi connectivity index (χ2v) is 8.03. The number of carbonyl (C=O) groups is 1. The molecular formula is C22H23NO5. The Morgan fingerprint density at radius 1 is 1.18 bits per heavy atom. The van der Waals surface area contributed by atoms with Crippen molar-refractivity contribution in [3.63, 3.8) is 0 Å². The van der Waals surface area contributed by atoms with E-state index in [4.69, 9.17) is 9.47 Å². The minimum atomic E-state index is -2.17. The molecule has 0 amide bonds. The maximum atomic E-state index is 13.5. The minimum Gasteiger partial charge on any atom is -0.454 e. The Morgan fingerprint density at radius 2 is 2.00 bits per heavy atom. The molecule has 2 aromatic rings. The maximum absolute atomic E-state index is 13.5. The van der Waals surface area contributed by atoms with Crippen LogP contribution in [0, 0.1) is 0 Å². The molecule has 2 aliphatic heterocycles. The molecule has 3 N–H and O–H groups in total. The molecule has 1 aliphatic carbocycles. The fourth-order valence-electron chi connectivity index (χ4n) is 4.54. The summed E-state index contributed by atoms with van der Waals surface area (Å²) in [4.78, 5) is 13.5. The molecule has 6 nitrogen and oxygen atoms in total. The van der Waals surface area contributed by atoms with Gasteiger partial charge in [-0.3, -0.25) is 4.79 Å². The van der Waals surface area contributed by atoms with E-state index in [1.807, 2.05) is 26.0 Å². The number of ether oxygens (including phenoxy) is 2. The number of rotatable bonds is 2. The summed E-state index contributed by atoms with van der Waals surface area (Å²) >= 11 is 0. The Hall–Kier alpha value is -2.25. The average Bonchev–Trinajstić information content (AvgIpc) is 3.04. The number of hydrogen-bond acceptors (Lipinski definition) is 6. The van der Waals surface area contributed by atoms with Crippen molar-refractivity contribution in [2.45, 2.75) is 37.3 Å². The molecule has 146 valence electrons. The molecule has 0 spiro atoms. The average molecular weight is 381 g/mol. The van der Waals surface area contributed by atoms with Crippen LogP contribution in [0.1, 0.15) is 58.5 Å². The monoisotopic (exact) mass is 381 g/mol. The Labute approximate surface area is 163 Å². The van der Waals surface area contributed by atoms with Crippen LogP contribution in [0.2, 0.25) is 0 Å². The van der Waals surface area contributed by atoms with Crippen LogP contribution in [0.25, 0.3) is 0 Å². The SMILES string of the molecule is CC(C)c1ccc2c(c1)OC1(O)c3cccc(C4CNCCO4)c3C(=O)C21O. The van der Waals surface area contributed by atoms with E-state index in [9.17, 15) is 15.0 Å². The van der Waals surface area contributed by atoms with Gasteiger partial charge in [0.05, 0.1) is 12.7 Å². The molecule has 0 bridgehead atoms. The molecule has 2 heterocycles. The number of ketones is 1. The van der Waals surface area contributed by atoms with Gasteiger partial charge < -0.3 is 25.0 Å².